The van der Waals surface area contributed by atoms with Crippen LogP contribution in [-0.2, 0) is 11.3 Å². The first-order valence-electron chi connectivity index (χ1n) is 6.99. The molecular weight excluding hydrogens is 344 g/mol. The summed E-state index contributed by atoms with van der Waals surface area (Å²) in [6.07, 6.45) is 6.10. The summed E-state index contributed by atoms with van der Waals surface area (Å²) in [4.78, 5) is 11.6. The molecule has 3 rings (SSSR count). The molecule has 3 aromatic rings. The lowest BCUT2D eigenvalue weighted by Crippen LogP contribution is -3.00. The fourth-order valence-corrected chi connectivity index (χ4v) is 2.34. The highest BCUT2D eigenvalue weighted by molar-refractivity contribution is 5.89. The van der Waals surface area contributed by atoms with Crippen LogP contribution in [-0.4, -0.2) is 17.1 Å². The average Bonchev–Trinajstić information content (AvgIpc) is 2.92. The van der Waals surface area contributed by atoms with Gasteiger partial charge in [0, 0.05) is 6.07 Å². The lowest BCUT2D eigenvalue weighted by molar-refractivity contribution is -0.510. The van der Waals surface area contributed by atoms with Gasteiger partial charge in [0.2, 0.25) is 0 Å². The Balaban J connectivity index is 0.00000176. The van der Waals surface area contributed by atoms with Crippen LogP contribution in [0.1, 0.15) is 22.8 Å². The lowest BCUT2D eigenvalue weighted by atomic mass is 10.1. The van der Waals surface area contributed by atoms with Gasteiger partial charge in [0.1, 0.15) is 18.9 Å². The second-order valence-electron chi connectivity index (χ2n) is 4.81. The number of benzene rings is 1. The smallest absolute Gasteiger partial charge is 0.338 e. The van der Waals surface area contributed by atoms with Crippen LogP contribution in [0, 0.1) is 0 Å². The molecule has 0 aliphatic carbocycles. The van der Waals surface area contributed by atoms with Gasteiger partial charge in [-0.15, -0.1) is 0 Å². The van der Waals surface area contributed by atoms with Gasteiger partial charge < -0.3 is 21.7 Å². The van der Waals surface area contributed by atoms with Crippen LogP contribution in [0.3, 0.4) is 0 Å². The Morgan fingerprint density at radius 2 is 1.91 bits per heavy atom. The summed E-state index contributed by atoms with van der Waals surface area (Å²) in [5.74, 6) is -0.272. The summed E-state index contributed by atoms with van der Waals surface area (Å²) in [7, 11) is 0. The van der Waals surface area contributed by atoms with Crippen LogP contribution in [0.15, 0.2) is 61.1 Å². The molecule has 0 amide bonds. The Morgan fingerprint density at radius 1 is 1.14 bits per heavy atom. The number of fused-ring (bicyclic) bond motifs is 1. The monoisotopic (exact) mass is 360 g/mol. The summed E-state index contributed by atoms with van der Waals surface area (Å²) < 4.78 is 9.23. The van der Waals surface area contributed by atoms with Crippen molar-refractivity contribution in [2.24, 2.45) is 0 Å². The highest BCUT2D eigenvalue weighted by atomic mass is 79.9. The maximum absolute atomic E-state index is 11.6. The molecule has 22 heavy (non-hydrogen) atoms. The van der Waals surface area contributed by atoms with Gasteiger partial charge in [0.15, 0.2) is 0 Å². The average molecular weight is 361 g/mol. The lowest BCUT2D eigenvalue weighted by Gasteiger charge is -2.03. The zero-order valence-electron chi connectivity index (χ0n) is 12.3. The van der Waals surface area contributed by atoms with Crippen LogP contribution in [0.25, 0.3) is 5.65 Å². The number of pyridine rings is 1. The standard InChI is InChI=1S/C17H17N2O2.BrH/c1-2-21-17(20)15-8-6-14(7-9-15)13-19-12-11-18-10-4-3-5-16(18)19;/h3-12H,2,13H2,1H3;1H/q+1;/p-1. The largest absolute Gasteiger partial charge is 1.00 e. The van der Waals surface area contributed by atoms with Crippen molar-refractivity contribution >= 4 is 11.6 Å². The zero-order valence-corrected chi connectivity index (χ0v) is 13.9. The number of carbonyl (C=O) groups excluding carboxylic acids is 1. The topological polar surface area (TPSA) is 35.3 Å². The van der Waals surface area contributed by atoms with Crippen molar-refractivity contribution in [2.45, 2.75) is 13.5 Å². The fourth-order valence-electron chi connectivity index (χ4n) is 2.34. The second kappa shape index (κ2) is 7.22. The number of rotatable bonds is 4. The van der Waals surface area contributed by atoms with E-state index in [2.05, 4.69) is 21.2 Å². The first-order valence-corrected chi connectivity index (χ1v) is 6.99. The Hall–Kier alpha value is -2.14. The summed E-state index contributed by atoms with van der Waals surface area (Å²) >= 11 is 0. The number of aromatic nitrogens is 2. The number of hydrogen-bond donors (Lipinski definition) is 0. The highest BCUT2D eigenvalue weighted by Gasteiger charge is 2.10. The van der Waals surface area contributed by atoms with E-state index in [0.29, 0.717) is 12.2 Å². The van der Waals surface area contributed by atoms with E-state index < -0.39 is 0 Å². The SMILES string of the molecule is CCOC(=O)c1ccc(Cn2cc[n+]3ccccc23)cc1.[Br-]. The van der Waals surface area contributed by atoms with Crippen molar-refractivity contribution in [3.8, 4) is 0 Å². The van der Waals surface area contributed by atoms with Gasteiger partial charge in [-0.05, 0) is 30.7 Å². The van der Waals surface area contributed by atoms with Gasteiger partial charge >= 0.3 is 5.97 Å². The van der Waals surface area contributed by atoms with E-state index in [0.717, 1.165) is 17.8 Å². The molecule has 0 saturated carbocycles. The Labute approximate surface area is 139 Å². The number of halogens is 1. The van der Waals surface area contributed by atoms with Crippen molar-refractivity contribution in [3.63, 3.8) is 0 Å². The predicted molar refractivity (Wildman–Crippen MR) is 79.1 cm³/mol. The van der Waals surface area contributed by atoms with Gasteiger partial charge in [-0.2, -0.15) is 0 Å². The van der Waals surface area contributed by atoms with E-state index >= 15 is 0 Å². The fraction of sp³-hybridized carbons (Fsp3) is 0.176. The number of hydrogen-bond acceptors (Lipinski definition) is 2. The molecule has 0 radical (unpaired) electrons. The van der Waals surface area contributed by atoms with Gasteiger partial charge in [0.25, 0.3) is 5.65 Å². The van der Waals surface area contributed by atoms with Crippen molar-refractivity contribution in [3.05, 3.63) is 72.2 Å². The van der Waals surface area contributed by atoms with E-state index in [4.69, 9.17) is 4.74 Å². The number of imidazole rings is 1. The minimum Gasteiger partial charge on any atom is -1.00 e. The van der Waals surface area contributed by atoms with Crippen LogP contribution in [0.2, 0.25) is 0 Å². The molecule has 0 fully saturated rings. The second-order valence-corrected chi connectivity index (χ2v) is 4.81. The third-order valence-corrected chi connectivity index (χ3v) is 3.39. The molecule has 0 atom stereocenters. The summed E-state index contributed by atoms with van der Waals surface area (Å²) in [5.41, 5.74) is 2.87. The summed E-state index contributed by atoms with van der Waals surface area (Å²) in [6.45, 7) is 2.97. The van der Waals surface area contributed by atoms with Crippen molar-refractivity contribution in [2.75, 3.05) is 6.61 Å². The van der Waals surface area contributed by atoms with E-state index in [1.807, 2.05) is 48.8 Å². The first-order chi connectivity index (χ1) is 10.3. The highest BCUT2D eigenvalue weighted by Crippen LogP contribution is 2.09. The Bertz CT molecular complexity index is 766. The van der Waals surface area contributed by atoms with Crippen molar-refractivity contribution in [1.29, 1.82) is 0 Å². The minimum absolute atomic E-state index is 0. The van der Waals surface area contributed by atoms with E-state index in [-0.39, 0.29) is 23.0 Å². The third kappa shape index (κ3) is 3.36. The first kappa shape index (κ1) is 16.2. The molecule has 0 aliphatic heterocycles. The molecule has 4 nitrogen and oxygen atoms in total. The molecule has 0 unspecified atom stereocenters. The van der Waals surface area contributed by atoms with Crippen LogP contribution >= 0.6 is 0 Å². The number of carbonyl (C=O) groups is 1. The zero-order chi connectivity index (χ0) is 14.7. The van der Waals surface area contributed by atoms with Crippen LogP contribution in [0.4, 0.5) is 0 Å². The Morgan fingerprint density at radius 3 is 2.64 bits per heavy atom. The van der Waals surface area contributed by atoms with Crippen LogP contribution < -0.4 is 21.4 Å². The third-order valence-electron chi connectivity index (χ3n) is 3.39. The normalized spacial score (nSPS) is 10.2. The molecule has 114 valence electrons. The Kier molecular flexibility index (Phi) is 5.33. The van der Waals surface area contributed by atoms with Gasteiger partial charge in [0.05, 0.1) is 18.4 Å². The molecule has 2 heterocycles. The maximum atomic E-state index is 11.6. The predicted octanol–water partition coefficient (Wildman–Crippen LogP) is -0.544. The molecule has 1 aromatic carbocycles. The van der Waals surface area contributed by atoms with Gasteiger partial charge in [-0.3, -0.25) is 0 Å². The van der Waals surface area contributed by atoms with Crippen molar-refractivity contribution < 1.29 is 30.9 Å². The molecule has 0 saturated heterocycles. The minimum atomic E-state index is -0.272. The quantitative estimate of drug-likeness (QED) is 0.462. The number of nitrogens with zero attached hydrogens (tertiary/aromatic N) is 2. The molecule has 0 bridgehead atoms. The summed E-state index contributed by atoms with van der Waals surface area (Å²) in [6, 6.07) is 13.7. The van der Waals surface area contributed by atoms with Crippen molar-refractivity contribution in [1.82, 2.24) is 4.57 Å². The molecule has 0 N–H and O–H groups in total. The number of esters is 1. The molecular formula is C17H17BrN2O2. The maximum Gasteiger partial charge on any atom is 0.338 e. The molecule has 5 heteroatoms. The number of ether oxygens (including phenoxy) is 1. The van der Waals surface area contributed by atoms with E-state index in [1.165, 1.54) is 0 Å². The summed E-state index contributed by atoms with van der Waals surface area (Å²) in [5, 5.41) is 0. The molecule has 0 aliphatic rings. The molecule has 0 spiro atoms. The van der Waals surface area contributed by atoms with Gasteiger partial charge in [-0.25, -0.2) is 13.8 Å². The van der Waals surface area contributed by atoms with E-state index in [1.54, 1.807) is 6.92 Å². The van der Waals surface area contributed by atoms with Gasteiger partial charge in [-0.1, -0.05) is 18.2 Å². The molecule has 2 aromatic heterocycles. The van der Waals surface area contributed by atoms with Crippen LogP contribution in [0.5, 0.6) is 0 Å². The van der Waals surface area contributed by atoms with E-state index in [9.17, 15) is 4.79 Å².